The summed E-state index contributed by atoms with van der Waals surface area (Å²) in [5.41, 5.74) is 1.13. The Morgan fingerprint density at radius 3 is 2.88 bits per heavy atom. The van der Waals surface area contributed by atoms with E-state index in [1.807, 2.05) is 25.1 Å². The van der Waals surface area contributed by atoms with Gasteiger partial charge in [-0.05, 0) is 31.1 Å². The zero-order chi connectivity index (χ0) is 12.0. The van der Waals surface area contributed by atoms with Crippen molar-refractivity contribution in [3.05, 3.63) is 27.5 Å². The molecule has 2 nitrogen and oxygen atoms in total. The Morgan fingerprint density at radius 1 is 1.56 bits per heavy atom. The molecular weight excluding hydrogens is 240 g/mol. The SMILES string of the molecule is CC(=O)SCCC=Cc1sc(C=O)cc1C. The first kappa shape index (κ1) is 13.2. The molecule has 0 N–H and O–H groups in total. The third-order valence-corrected chi connectivity index (χ3v) is 3.92. The number of hydrogen-bond acceptors (Lipinski definition) is 4. The number of thiophene rings is 1. The molecule has 0 saturated heterocycles. The van der Waals surface area contributed by atoms with Crippen LogP contribution in [0.3, 0.4) is 0 Å². The maximum absolute atomic E-state index is 10.7. The number of hydrogen-bond donors (Lipinski definition) is 0. The van der Waals surface area contributed by atoms with E-state index in [0.717, 1.165) is 33.8 Å². The lowest BCUT2D eigenvalue weighted by Crippen LogP contribution is -1.83. The van der Waals surface area contributed by atoms with Gasteiger partial charge in [0.15, 0.2) is 11.4 Å². The highest BCUT2D eigenvalue weighted by Crippen LogP contribution is 2.22. The molecule has 0 saturated carbocycles. The molecule has 4 heteroatoms. The van der Waals surface area contributed by atoms with E-state index in [1.54, 1.807) is 6.92 Å². The monoisotopic (exact) mass is 254 g/mol. The first-order valence-corrected chi connectivity index (χ1v) is 6.79. The Hall–Kier alpha value is -0.870. The summed E-state index contributed by atoms with van der Waals surface area (Å²) >= 11 is 2.83. The highest BCUT2D eigenvalue weighted by molar-refractivity contribution is 8.13. The molecule has 0 spiro atoms. The van der Waals surface area contributed by atoms with Crippen LogP contribution in [-0.4, -0.2) is 17.2 Å². The lowest BCUT2D eigenvalue weighted by Gasteiger charge is -1.92. The number of aryl methyl sites for hydroxylation is 1. The minimum atomic E-state index is 0.156. The van der Waals surface area contributed by atoms with Crippen LogP contribution in [0, 0.1) is 6.92 Å². The topological polar surface area (TPSA) is 34.1 Å². The molecule has 1 heterocycles. The molecule has 0 radical (unpaired) electrons. The van der Waals surface area contributed by atoms with Crippen molar-refractivity contribution in [1.29, 1.82) is 0 Å². The largest absolute Gasteiger partial charge is 0.297 e. The van der Waals surface area contributed by atoms with Crippen molar-refractivity contribution in [2.45, 2.75) is 20.3 Å². The van der Waals surface area contributed by atoms with Crippen molar-refractivity contribution in [2.75, 3.05) is 5.75 Å². The van der Waals surface area contributed by atoms with Crippen LogP contribution in [0.25, 0.3) is 6.08 Å². The van der Waals surface area contributed by atoms with Crippen LogP contribution in [0.5, 0.6) is 0 Å². The van der Waals surface area contributed by atoms with Crippen LogP contribution in [0.4, 0.5) is 0 Å². The number of aldehydes is 1. The van der Waals surface area contributed by atoms with Crippen molar-refractivity contribution < 1.29 is 9.59 Å². The van der Waals surface area contributed by atoms with Gasteiger partial charge in [-0.1, -0.05) is 17.8 Å². The van der Waals surface area contributed by atoms with Gasteiger partial charge in [-0.25, -0.2) is 0 Å². The minimum absolute atomic E-state index is 0.156. The smallest absolute Gasteiger partial charge is 0.185 e. The Labute approximate surface area is 104 Å². The number of allylic oxidation sites excluding steroid dienone is 1. The Balaban J connectivity index is 2.46. The first-order valence-electron chi connectivity index (χ1n) is 4.99. The first-order chi connectivity index (χ1) is 7.63. The normalized spacial score (nSPS) is 10.9. The van der Waals surface area contributed by atoms with E-state index >= 15 is 0 Å². The minimum Gasteiger partial charge on any atom is -0.297 e. The third kappa shape index (κ3) is 4.33. The van der Waals surface area contributed by atoms with Crippen LogP contribution in [0.15, 0.2) is 12.1 Å². The number of thioether (sulfide) groups is 1. The summed E-state index contributed by atoms with van der Waals surface area (Å²) < 4.78 is 0. The van der Waals surface area contributed by atoms with Crippen molar-refractivity contribution >= 4 is 40.6 Å². The van der Waals surface area contributed by atoms with Crippen molar-refractivity contribution in [2.24, 2.45) is 0 Å². The summed E-state index contributed by atoms with van der Waals surface area (Å²) in [4.78, 5) is 23.1. The summed E-state index contributed by atoms with van der Waals surface area (Å²) in [6, 6.07) is 1.89. The van der Waals surface area contributed by atoms with E-state index in [-0.39, 0.29) is 5.12 Å². The van der Waals surface area contributed by atoms with Gasteiger partial charge in [0.05, 0.1) is 4.88 Å². The average molecular weight is 254 g/mol. The van der Waals surface area contributed by atoms with Crippen LogP contribution in [-0.2, 0) is 4.79 Å². The van der Waals surface area contributed by atoms with Gasteiger partial charge >= 0.3 is 0 Å². The molecule has 0 fully saturated rings. The number of rotatable bonds is 5. The molecule has 0 atom stereocenters. The molecule has 16 heavy (non-hydrogen) atoms. The second-order valence-corrected chi connectivity index (χ2v) is 5.73. The zero-order valence-corrected chi connectivity index (χ0v) is 11.0. The zero-order valence-electron chi connectivity index (χ0n) is 9.36. The molecule has 0 amide bonds. The van der Waals surface area contributed by atoms with Crippen LogP contribution in [0.1, 0.15) is 33.5 Å². The molecule has 0 aliphatic carbocycles. The number of carbonyl (C=O) groups excluding carboxylic acids is 2. The Kier molecular flexibility index (Phi) is 5.49. The maximum atomic E-state index is 10.7. The lowest BCUT2D eigenvalue weighted by molar-refractivity contribution is -0.109. The maximum Gasteiger partial charge on any atom is 0.185 e. The Bertz CT molecular complexity index is 405. The van der Waals surface area contributed by atoms with E-state index < -0.39 is 0 Å². The van der Waals surface area contributed by atoms with E-state index in [1.165, 1.54) is 23.1 Å². The van der Waals surface area contributed by atoms with Gasteiger partial charge in [-0.2, -0.15) is 0 Å². The van der Waals surface area contributed by atoms with Gasteiger partial charge in [0, 0.05) is 17.6 Å². The van der Waals surface area contributed by atoms with E-state index in [2.05, 4.69) is 0 Å². The summed E-state index contributed by atoms with van der Waals surface area (Å²) in [5.74, 6) is 0.816. The molecule has 1 rings (SSSR count). The summed E-state index contributed by atoms with van der Waals surface area (Å²) in [6.45, 7) is 3.57. The molecule has 1 aromatic heterocycles. The van der Waals surface area contributed by atoms with Gasteiger partial charge < -0.3 is 0 Å². The second kappa shape index (κ2) is 6.66. The van der Waals surface area contributed by atoms with Gasteiger partial charge in [-0.3, -0.25) is 9.59 Å². The van der Waals surface area contributed by atoms with Gasteiger partial charge in [0.25, 0.3) is 0 Å². The van der Waals surface area contributed by atoms with Crippen molar-refractivity contribution in [1.82, 2.24) is 0 Å². The van der Waals surface area contributed by atoms with Crippen LogP contribution in [0.2, 0.25) is 0 Å². The molecule has 86 valence electrons. The van der Waals surface area contributed by atoms with Crippen molar-refractivity contribution in [3.63, 3.8) is 0 Å². The quantitative estimate of drug-likeness (QED) is 0.595. The van der Waals surface area contributed by atoms with E-state index in [0.29, 0.717) is 0 Å². The fraction of sp³-hybridized carbons (Fsp3) is 0.333. The van der Waals surface area contributed by atoms with E-state index in [4.69, 9.17) is 0 Å². The fourth-order valence-electron chi connectivity index (χ4n) is 1.21. The third-order valence-electron chi connectivity index (χ3n) is 1.95. The average Bonchev–Trinajstić information content (AvgIpc) is 2.59. The summed E-state index contributed by atoms with van der Waals surface area (Å²) in [5, 5.41) is 0.156. The predicted molar refractivity (Wildman–Crippen MR) is 71.2 cm³/mol. The molecule has 0 aromatic carbocycles. The van der Waals surface area contributed by atoms with E-state index in [9.17, 15) is 9.59 Å². The van der Waals surface area contributed by atoms with Crippen LogP contribution >= 0.6 is 23.1 Å². The molecular formula is C12H14O2S2. The lowest BCUT2D eigenvalue weighted by atomic mass is 10.2. The summed E-state index contributed by atoms with van der Waals surface area (Å²) in [7, 11) is 0. The number of carbonyl (C=O) groups is 2. The van der Waals surface area contributed by atoms with Crippen molar-refractivity contribution in [3.8, 4) is 0 Å². The predicted octanol–water partition coefficient (Wildman–Crippen LogP) is 3.55. The molecule has 0 bridgehead atoms. The summed E-state index contributed by atoms with van der Waals surface area (Å²) in [6.07, 6.45) is 5.82. The fourth-order valence-corrected chi connectivity index (χ4v) is 2.67. The second-order valence-electron chi connectivity index (χ2n) is 3.34. The molecule has 0 unspecified atom stereocenters. The van der Waals surface area contributed by atoms with Gasteiger partial charge in [-0.15, -0.1) is 11.3 Å². The van der Waals surface area contributed by atoms with Gasteiger partial charge in [0.1, 0.15) is 0 Å². The highest BCUT2D eigenvalue weighted by Gasteiger charge is 2.01. The van der Waals surface area contributed by atoms with Crippen LogP contribution < -0.4 is 0 Å². The molecule has 0 aliphatic rings. The standard InChI is InChI=1S/C12H14O2S2/c1-9-7-11(8-13)16-12(9)5-3-4-6-15-10(2)14/h3,5,7-8H,4,6H2,1-2H3. The molecule has 1 aromatic rings. The molecule has 0 aliphatic heterocycles. The highest BCUT2D eigenvalue weighted by atomic mass is 32.2. The van der Waals surface area contributed by atoms with Gasteiger partial charge in [0.2, 0.25) is 0 Å². The Morgan fingerprint density at radius 2 is 2.31 bits per heavy atom.